The van der Waals surface area contributed by atoms with Crippen LogP contribution < -0.4 is 0 Å². The first-order chi connectivity index (χ1) is 15.6. The van der Waals surface area contributed by atoms with Crippen LogP contribution in [0.4, 0.5) is 0 Å². The molecule has 32 heavy (non-hydrogen) atoms. The highest BCUT2D eigenvalue weighted by Crippen LogP contribution is 2.27. The summed E-state index contributed by atoms with van der Waals surface area (Å²) in [5, 5.41) is 0. The van der Waals surface area contributed by atoms with E-state index in [2.05, 4.69) is 4.98 Å². The molecule has 3 aromatic rings. The van der Waals surface area contributed by atoms with Crippen LogP contribution in [0, 0.1) is 6.92 Å². The summed E-state index contributed by atoms with van der Waals surface area (Å²) in [5.41, 5.74) is 4.09. The number of aromatic nitrogens is 1. The van der Waals surface area contributed by atoms with Gasteiger partial charge in [-0.1, -0.05) is 36.4 Å². The number of oxazole rings is 1. The van der Waals surface area contributed by atoms with Crippen LogP contribution in [-0.4, -0.2) is 30.3 Å². The lowest BCUT2D eigenvalue weighted by Crippen LogP contribution is -2.28. The monoisotopic (exact) mass is 435 g/mol. The number of carbonyl (C=O) groups excluding carboxylic acids is 1. The highest BCUT2D eigenvalue weighted by atomic mass is 16.5. The number of rotatable bonds is 8. The van der Waals surface area contributed by atoms with Gasteiger partial charge in [-0.3, -0.25) is 0 Å². The van der Waals surface area contributed by atoms with Crippen LogP contribution >= 0.6 is 0 Å². The van der Waals surface area contributed by atoms with Crippen LogP contribution in [0.5, 0.6) is 0 Å². The molecular weight excluding hydrogens is 406 g/mol. The average Bonchev–Trinajstić information content (AvgIpc) is 3.31. The maximum Gasteiger partial charge on any atom is 0.338 e. The highest BCUT2D eigenvalue weighted by molar-refractivity contribution is 5.92. The van der Waals surface area contributed by atoms with Gasteiger partial charge >= 0.3 is 5.97 Å². The molecule has 1 aliphatic carbocycles. The van der Waals surface area contributed by atoms with E-state index in [1.54, 1.807) is 6.26 Å². The smallest absolute Gasteiger partial charge is 0.338 e. The first-order valence-corrected chi connectivity index (χ1v) is 11.0. The first-order valence-electron chi connectivity index (χ1n) is 11.0. The zero-order valence-electron chi connectivity index (χ0n) is 18.6. The van der Waals surface area contributed by atoms with Crippen LogP contribution in [0.25, 0.3) is 11.5 Å². The topological polar surface area (TPSA) is 70.8 Å². The molecule has 0 bridgehead atoms. The van der Waals surface area contributed by atoms with Crippen LogP contribution in [0.1, 0.15) is 52.9 Å². The van der Waals surface area contributed by atoms with E-state index in [1.807, 2.05) is 55.5 Å². The van der Waals surface area contributed by atoms with Gasteiger partial charge in [-0.15, -0.1) is 0 Å². The lowest BCUT2D eigenvalue weighted by atomic mass is 9.94. The summed E-state index contributed by atoms with van der Waals surface area (Å²) in [7, 11) is 1.40. The molecule has 0 unspecified atom stereocenters. The largest absolute Gasteiger partial charge is 0.465 e. The lowest BCUT2D eigenvalue weighted by molar-refractivity contribution is -0.0563. The van der Waals surface area contributed by atoms with E-state index in [1.165, 1.54) is 7.11 Å². The number of ether oxygens (including phenoxy) is 3. The molecule has 0 saturated heterocycles. The third-order valence-corrected chi connectivity index (χ3v) is 5.84. The van der Waals surface area contributed by atoms with E-state index in [0.717, 1.165) is 48.1 Å². The molecule has 4 rings (SSSR count). The molecule has 0 spiro atoms. The predicted octanol–water partition coefficient (Wildman–Crippen LogP) is 5.48. The third-order valence-electron chi connectivity index (χ3n) is 5.84. The van der Waals surface area contributed by atoms with Crippen molar-refractivity contribution in [3.63, 3.8) is 0 Å². The Bertz CT molecular complexity index is 1030. The highest BCUT2D eigenvalue weighted by Gasteiger charge is 2.24. The number of methoxy groups -OCH3 is 1. The number of esters is 1. The maximum atomic E-state index is 12.2. The van der Waals surface area contributed by atoms with Gasteiger partial charge in [-0.05, 0) is 55.9 Å². The molecule has 0 N–H and O–H groups in total. The van der Waals surface area contributed by atoms with Gasteiger partial charge in [-0.2, -0.15) is 0 Å². The Hall–Kier alpha value is -2.96. The minimum atomic E-state index is -0.325. The number of hydrogen-bond donors (Lipinski definition) is 0. The number of hydrogen-bond acceptors (Lipinski definition) is 6. The van der Waals surface area contributed by atoms with E-state index < -0.39 is 0 Å². The first kappa shape index (κ1) is 22.2. The van der Waals surface area contributed by atoms with Crippen molar-refractivity contribution in [1.82, 2.24) is 4.98 Å². The Labute approximate surface area is 188 Å². The quantitative estimate of drug-likeness (QED) is 0.436. The standard InChI is InChI=1S/C26H29NO5/c1-18-8-6-11-20(24(18)26(28)29-2)15-30-22-12-7-13-23(14-22)31-16-21-17-32-25(27-21)19-9-4-3-5-10-19/h3-6,8-11,17,22-23H,7,12-16H2,1-2H3/t22-,23+/m1/s1. The SMILES string of the molecule is COC(=O)c1c(C)cccc1CO[C@@H]1CCC[C@H](OCc2coc(-c3ccccc3)n2)C1. The molecule has 1 fully saturated rings. The van der Waals surface area contributed by atoms with Crippen molar-refractivity contribution in [2.24, 2.45) is 0 Å². The lowest BCUT2D eigenvalue weighted by Gasteiger charge is -2.29. The Balaban J connectivity index is 1.30. The van der Waals surface area contributed by atoms with Crippen molar-refractivity contribution < 1.29 is 23.4 Å². The van der Waals surface area contributed by atoms with E-state index in [0.29, 0.717) is 24.7 Å². The molecule has 6 heteroatoms. The van der Waals surface area contributed by atoms with Crippen LogP contribution in [0.15, 0.2) is 59.2 Å². The van der Waals surface area contributed by atoms with Gasteiger partial charge in [0.2, 0.25) is 5.89 Å². The summed E-state index contributed by atoms with van der Waals surface area (Å²) in [4.78, 5) is 16.7. The number of aryl methyl sites for hydroxylation is 1. The molecule has 168 valence electrons. The minimum absolute atomic E-state index is 0.0944. The Morgan fingerprint density at radius 2 is 1.78 bits per heavy atom. The van der Waals surface area contributed by atoms with Gasteiger partial charge in [0.1, 0.15) is 12.0 Å². The summed E-state index contributed by atoms with van der Waals surface area (Å²) in [6.07, 6.45) is 5.72. The Morgan fingerprint density at radius 3 is 2.53 bits per heavy atom. The minimum Gasteiger partial charge on any atom is -0.465 e. The fourth-order valence-corrected chi connectivity index (χ4v) is 4.15. The molecule has 1 aromatic heterocycles. The zero-order valence-corrected chi connectivity index (χ0v) is 18.6. The molecule has 0 radical (unpaired) electrons. The summed E-state index contributed by atoms with van der Waals surface area (Å²) in [6.45, 7) is 2.71. The van der Waals surface area contributed by atoms with Crippen molar-refractivity contribution in [3.05, 3.63) is 77.2 Å². The van der Waals surface area contributed by atoms with Gasteiger partial charge in [0.15, 0.2) is 0 Å². The Morgan fingerprint density at radius 1 is 1.03 bits per heavy atom. The number of benzene rings is 2. The molecule has 1 aliphatic rings. The average molecular weight is 436 g/mol. The van der Waals surface area contributed by atoms with E-state index in [4.69, 9.17) is 18.6 Å². The van der Waals surface area contributed by atoms with Crippen molar-refractivity contribution >= 4 is 5.97 Å². The predicted molar refractivity (Wildman–Crippen MR) is 120 cm³/mol. The fraction of sp³-hybridized carbons (Fsp3) is 0.385. The van der Waals surface area contributed by atoms with Gasteiger partial charge < -0.3 is 18.6 Å². The van der Waals surface area contributed by atoms with Gasteiger partial charge in [0.25, 0.3) is 0 Å². The van der Waals surface area contributed by atoms with Crippen molar-refractivity contribution in [2.75, 3.05) is 7.11 Å². The van der Waals surface area contributed by atoms with Crippen molar-refractivity contribution in [3.8, 4) is 11.5 Å². The molecule has 0 amide bonds. The fourth-order valence-electron chi connectivity index (χ4n) is 4.15. The molecule has 1 saturated carbocycles. The molecule has 1 heterocycles. The van der Waals surface area contributed by atoms with E-state index >= 15 is 0 Å². The number of carbonyl (C=O) groups is 1. The Kier molecular flexibility index (Phi) is 7.35. The van der Waals surface area contributed by atoms with Crippen molar-refractivity contribution in [1.29, 1.82) is 0 Å². The second-order valence-corrected chi connectivity index (χ2v) is 8.14. The maximum absolute atomic E-state index is 12.2. The summed E-state index contributed by atoms with van der Waals surface area (Å²) in [5.74, 6) is 0.280. The van der Waals surface area contributed by atoms with E-state index in [-0.39, 0.29) is 18.2 Å². The van der Waals surface area contributed by atoms with Crippen LogP contribution in [0.3, 0.4) is 0 Å². The molecule has 2 aromatic carbocycles. The van der Waals surface area contributed by atoms with E-state index in [9.17, 15) is 4.79 Å². The molecule has 0 aliphatic heterocycles. The summed E-state index contributed by atoms with van der Waals surface area (Å²) < 4.78 is 22.8. The normalized spacial score (nSPS) is 18.4. The molecule has 6 nitrogen and oxygen atoms in total. The molecule has 2 atom stereocenters. The summed E-state index contributed by atoms with van der Waals surface area (Å²) in [6, 6.07) is 15.6. The zero-order chi connectivity index (χ0) is 22.3. The molecular formula is C26H29NO5. The van der Waals surface area contributed by atoms with Crippen LogP contribution in [0.2, 0.25) is 0 Å². The summed E-state index contributed by atoms with van der Waals surface area (Å²) >= 11 is 0. The van der Waals surface area contributed by atoms with Gasteiger partial charge in [0.05, 0.1) is 38.1 Å². The van der Waals surface area contributed by atoms with Crippen molar-refractivity contribution in [2.45, 2.75) is 58.0 Å². The number of nitrogens with zero attached hydrogens (tertiary/aromatic N) is 1. The van der Waals surface area contributed by atoms with Crippen LogP contribution in [-0.2, 0) is 27.4 Å². The second kappa shape index (κ2) is 10.6. The second-order valence-electron chi connectivity index (χ2n) is 8.14. The van der Waals surface area contributed by atoms with Gasteiger partial charge in [0, 0.05) is 5.56 Å². The van der Waals surface area contributed by atoms with Gasteiger partial charge in [-0.25, -0.2) is 9.78 Å². The third kappa shape index (κ3) is 5.44.